The number of nitrogens with one attached hydrogen (secondary N) is 1. The summed E-state index contributed by atoms with van der Waals surface area (Å²) >= 11 is 0. The molecule has 1 amide bonds. The van der Waals surface area contributed by atoms with E-state index < -0.39 is 24.2 Å². The van der Waals surface area contributed by atoms with E-state index in [1.54, 1.807) is 6.08 Å². The van der Waals surface area contributed by atoms with Gasteiger partial charge in [0.1, 0.15) is 6.10 Å². The van der Waals surface area contributed by atoms with Gasteiger partial charge in [-0.3, -0.25) is 4.79 Å². The first-order valence-corrected chi connectivity index (χ1v) is 19.1. The lowest BCUT2D eigenvalue weighted by molar-refractivity contribution is -0.131. The van der Waals surface area contributed by atoms with Gasteiger partial charge < -0.3 is 20.6 Å². The van der Waals surface area contributed by atoms with Crippen molar-refractivity contribution in [1.29, 1.82) is 0 Å². The Morgan fingerprint density at radius 3 is 1.57 bits per heavy atom. The monoisotopic (exact) mass is 644 g/mol. The second kappa shape index (κ2) is 35.9. The minimum atomic E-state index is -1.11. The predicted molar refractivity (Wildman–Crippen MR) is 199 cm³/mol. The van der Waals surface area contributed by atoms with E-state index in [9.17, 15) is 20.1 Å². The third kappa shape index (κ3) is 30.7. The van der Waals surface area contributed by atoms with Crippen LogP contribution in [-0.4, -0.2) is 46.1 Å². The Hall–Kier alpha value is -1.95. The highest BCUT2D eigenvalue weighted by molar-refractivity contribution is 5.80. The Morgan fingerprint density at radius 2 is 1.02 bits per heavy atom. The summed E-state index contributed by atoms with van der Waals surface area (Å²) < 4.78 is 0. The molecule has 46 heavy (non-hydrogen) atoms. The van der Waals surface area contributed by atoms with Crippen molar-refractivity contribution in [3.8, 4) is 0 Å². The fourth-order valence-corrected chi connectivity index (χ4v) is 5.30. The third-order valence-corrected chi connectivity index (χ3v) is 8.32. The van der Waals surface area contributed by atoms with Gasteiger partial charge in [-0.1, -0.05) is 164 Å². The molecule has 5 heteroatoms. The van der Waals surface area contributed by atoms with Crippen molar-refractivity contribution in [3.05, 3.63) is 60.8 Å². The first kappa shape index (κ1) is 44.0. The molecule has 3 unspecified atom stereocenters. The highest BCUT2D eigenvalue weighted by Crippen LogP contribution is 2.14. The molecule has 0 bridgehead atoms. The molecule has 5 nitrogen and oxygen atoms in total. The molecule has 0 rings (SSSR count). The quantitative estimate of drug-likeness (QED) is 0.0423. The van der Waals surface area contributed by atoms with Gasteiger partial charge in [0.25, 0.3) is 0 Å². The van der Waals surface area contributed by atoms with Gasteiger partial charge in [-0.2, -0.15) is 0 Å². The van der Waals surface area contributed by atoms with Crippen molar-refractivity contribution in [2.75, 3.05) is 6.61 Å². The van der Waals surface area contributed by atoms with Crippen LogP contribution in [0.15, 0.2) is 60.8 Å². The van der Waals surface area contributed by atoms with Crippen LogP contribution < -0.4 is 5.32 Å². The lowest BCUT2D eigenvalue weighted by Gasteiger charge is -2.21. The second-order valence-corrected chi connectivity index (χ2v) is 12.7. The van der Waals surface area contributed by atoms with E-state index in [2.05, 4.69) is 67.8 Å². The van der Waals surface area contributed by atoms with Crippen molar-refractivity contribution in [2.45, 2.75) is 186 Å². The van der Waals surface area contributed by atoms with Crippen LogP contribution in [-0.2, 0) is 4.79 Å². The van der Waals surface area contributed by atoms with Gasteiger partial charge in [-0.15, -0.1) is 0 Å². The molecule has 0 aliphatic heterocycles. The molecule has 3 atom stereocenters. The van der Waals surface area contributed by atoms with Gasteiger partial charge >= 0.3 is 0 Å². The highest BCUT2D eigenvalue weighted by atomic mass is 16.3. The summed E-state index contributed by atoms with van der Waals surface area (Å²) in [7, 11) is 0. The van der Waals surface area contributed by atoms with E-state index >= 15 is 0 Å². The van der Waals surface area contributed by atoms with Crippen LogP contribution in [0.4, 0.5) is 0 Å². The minimum absolute atomic E-state index is 0.384. The average molecular weight is 644 g/mol. The number of aliphatic hydroxyl groups excluding tert-OH is 3. The smallest absolute Gasteiger partial charge is 0.249 e. The summed E-state index contributed by atoms with van der Waals surface area (Å²) in [6.07, 6.45) is 46.7. The van der Waals surface area contributed by atoms with Gasteiger partial charge in [0, 0.05) is 0 Å². The summed E-state index contributed by atoms with van der Waals surface area (Å²) in [6.45, 7) is 3.99. The molecule has 0 fully saturated rings. The van der Waals surface area contributed by atoms with Crippen molar-refractivity contribution in [1.82, 2.24) is 5.32 Å². The zero-order valence-corrected chi connectivity index (χ0v) is 29.9. The van der Waals surface area contributed by atoms with Crippen LogP contribution in [0.5, 0.6) is 0 Å². The summed E-state index contributed by atoms with van der Waals surface area (Å²) in [5, 5.41) is 32.9. The largest absolute Gasteiger partial charge is 0.394 e. The molecule has 0 saturated carbocycles. The SMILES string of the molecule is CC/C=C\C/C=C\CCCCCCCCCCCCCCCC(O)C(=O)NC(CO)C(O)/C=C/CC/C=C/CC/C=C/CCCC. The molecule has 0 aliphatic carbocycles. The average Bonchev–Trinajstić information content (AvgIpc) is 3.06. The van der Waals surface area contributed by atoms with Gasteiger partial charge in [-0.05, 0) is 64.2 Å². The fourth-order valence-electron chi connectivity index (χ4n) is 5.30. The zero-order valence-electron chi connectivity index (χ0n) is 29.9. The molecule has 0 aromatic heterocycles. The molecule has 0 heterocycles. The summed E-state index contributed by atoms with van der Waals surface area (Å²) in [5.74, 6) is -0.523. The van der Waals surface area contributed by atoms with Crippen LogP contribution in [0.3, 0.4) is 0 Å². The van der Waals surface area contributed by atoms with Crippen molar-refractivity contribution < 1.29 is 20.1 Å². The maximum atomic E-state index is 12.4. The molecule has 4 N–H and O–H groups in total. The Kier molecular flexibility index (Phi) is 34.4. The van der Waals surface area contributed by atoms with Crippen LogP contribution in [0.1, 0.15) is 168 Å². The van der Waals surface area contributed by atoms with E-state index in [1.807, 2.05) is 6.08 Å². The lowest BCUT2D eigenvalue weighted by Crippen LogP contribution is -2.48. The maximum Gasteiger partial charge on any atom is 0.249 e. The number of unbranched alkanes of at least 4 members (excludes halogenated alkanes) is 17. The number of hydrogen-bond donors (Lipinski definition) is 4. The van der Waals surface area contributed by atoms with Crippen LogP contribution >= 0.6 is 0 Å². The number of carbonyl (C=O) groups excluding carboxylic acids is 1. The van der Waals surface area contributed by atoms with E-state index in [-0.39, 0.29) is 6.61 Å². The normalized spacial score (nSPS) is 14.5. The lowest BCUT2D eigenvalue weighted by atomic mass is 10.0. The molecule has 0 aromatic rings. The predicted octanol–water partition coefficient (Wildman–Crippen LogP) is 10.4. The maximum absolute atomic E-state index is 12.4. The highest BCUT2D eigenvalue weighted by Gasteiger charge is 2.22. The first-order valence-electron chi connectivity index (χ1n) is 19.1. The van der Waals surface area contributed by atoms with E-state index in [0.717, 1.165) is 57.8 Å². The van der Waals surface area contributed by atoms with Crippen LogP contribution in [0, 0.1) is 0 Å². The number of amides is 1. The van der Waals surface area contributed by atoms with Gasteiger partial charge in [0.05, 0.1) is 18.8 Å². The van der Waals surface area contributed by atoms with Crippen molar-refractivity contribution in [3.63, 3.8) is 0 Å². The number of aliphatic hydroxyl groups is 3. The minimum Gasteiger partial charge on any atom is -0.394 e. The molecule has 266 valence electrons. The van der Waals surface area contributed by atoms with Crippen LogP contribution in [0.25, 0.3) is 0 Å². The Balaban J connectivity index is 3.74. The summed E-state index contributed by atoms with van der Waals surface area (Å²) in [4.78, 5) is 12.4. The third-order valence-electron chi connectivity index (χ3n) is 8.32. The molecular formula is C41H73NO4. The van der Waals surface area contributed by atoms with Gasteiger partial charge in [-0.25, -0.2) is 0 Å². The van der Waals surface area contributed by atoms with Gasteiger partial charge in [0.2, 0.25) is 5.91 Å². The molecule has 0 spiro atoms. The van der Waals surface area contributed by atoms with Crippen molar-refractivity contribution >= 4 is 5.91 Å². The number of rotatable bonds is 33. The topological polar surface area (TPSA) is 89.8 Å². The Labute approximate surface area is 284 Å². The van der Waals surface area contributed by atoms with E-state index in [0.29, 0.717) is 6.42 Å². The molecule has 0 aliphatic rings. The van der Waals surface area contributed by atoms with E-state index in [4.69, 9.17) is 0 Å². The van der Waals surface area contributed by atoms with Gasteiger partial charge in [0.15, 0.2) is 0 Å². The number of hydrogen-bond acceptors (Lipinski definition) is 4. The Bertz CT molecular complexity index is 800. The molecule has 0 aromatic carbocycles. The first-order chi connectivity index (χ1) is 22.6. The number of carbonyl (C=O) groups is 1. The zero-order chi connectivity index (χ0) is 33.8. The Morgan fingerprint density at radius 1 is 0.565 bits per heavy atom. The van der Waals surface area contributed by atoms with Crippen LogP contribution in [0.2, 0.25) is 0 Å². The second-order valence-electron chi connectivity index (χ2n) is 12.7. The molecule has 0 saturated heterocycles. The standard InChI is InChI=1S/C41H73NO4/c1-3-5-7-9-11-13-15-17-18-19-20-21-22-23-24-26-28-30-32-34-36-40(45)41(46)42-38(37-43)39(44)35-33-31-29-27-25-16-14-12-10-8-6-4-2/h5,7,10-13,25,27,33,35,38-40,43-45H,3-4,6,8-9,14-24,26,28-32,34,36-37H2,1-2H3,(H,42,46)/b7-5-,12-10+,13-11-,27-25+,35-33+. The summed E-state index contributed by atoms with van der Waals surface area (Å²) in [6, 6.07) is -0.821. The summed E-state index contributed by atoms with van der Waals surface area (Å²) in [5.41, 5.74) is 0. The molecule has 0 radical (unpaired) electrons. The molecular weight excluding hydrogens is 570 g/mol. The van der Waals surface area contributed by atoms with E-state index in [1.165, 1.54) is 89.9 Å². The number of allylic oxidation sites excluding steroid dienone is 9. The van der Waals surface area contributed by atoms with Crippen molar-refractivity contribution in [2.24, 2.45) is 0 Å². The fraction of sp³-hybridized carbons (Fsp3) is 0.732.